The van der Waals surface area contributed by atoms with Crippen molar-refractivity contribution in [2.75, 3.05) is 0 Å². The number of nitrogens with two attached hydrogens (primary N) is 1. The average molecular weight is 316 g/mol. The van der Waals surface area contributed by atoms with E-state index in [9.17, 15) is 8.78 Å². The Labute approximate surface area is 90.8 Å². The van der Waals surface area contributed by atoms with E-state index in [1.165, 1.54) is 6.07 Å². The SMILES string of the molecule is NCc1c(C(F)F)cc(Br)nc1Br. The number of aromatic nitrogens is 1. The first-order valence-electron chi connectivity index (χ1n) is 3.39. The molecule has 0 fully saturated rings. The number of rotatable bonds is 2. The van der Waals surface area contributed by atoms with Crippen molar-refractivity contribution in [3.8, 4) is 0 Å². The first-order chi connectivity index (χ1) is 6.06. The number of pyridine rings is 1. The predicted octanol–water partition coefficient (Wildman–Crippen LogP) is 3.00. The summed E-state index contributed by atoms with van der Waals surface area (Å²) in [5.41, 5.74) is 5.58. The van der Waals surface area contributed by atoms with Crippen LogP contribution in [0.4, 0.5) is 8.78 Å². The van der Waals surface area contributed by atoms with Gasteiger partial charge in [0, 0.05) is 17.7 Å². The molecule has 6 heteroatoms. The van der Waals surface area contributed by atoms with Crippen molar-refractivity contribution in [3.63, 3.8) is 0 Å². The van der Waals surface area contributed by atoms with E-state index in [4.69, 9.17) is 5.73 Å². The van der Waals surface area contributed by atoms with Crippen molar-refractivity contribution in [2.24, 2.45) is 5.73 Å². The van der Waals surface area contributed by atoms with Gasteiger partial charge in [-0.05, 0) is 37.9 Å². The molecule has 0 saturated carbocycles. The minimum atomic E-state index is -2.53. The standard InChI is InChI=1S/C7H6Br2F2N2/c8-5-1-3(7(10)11)4(2-12)6(9)13-5/h1,7H,2,12H2. The van der Waals surface area contributed by atoms with Crippen LogP contribution >= 0.6 is 31.9 Å². The van der Waals surface area contributed by atoms with Gasteiger partial charge in [-0.1, -0.05) is 0 Å². The highest BCUT2D eigenvalue weighted by atomic mass is 79.9. The van der Waals surface area contributed by atoms with Crippen LogP contribution in [0.2, 0.25) is 0 Å². The molecule has 1 aromatic rings. The average Bonchev–Trinajstić information content (AvgIpc) is 2.02. The van der Waals surface area contributed by atoms with Crippen molar-refractivity contribution in [3.05, 3.63) is 26.4 Å². The number of alkyl halides is 2. The fourth-order valence-electron chi connectivity index (χ4n) is 0.925. The van der Waals surface area contributed by atoms with Gasteiger partial charge in [0.2, 0.25) is 0 Å². The third-order valence-electron chi connectivity index (χ3n) is 1.52. The molecular weight excluding hydrogens is 310 g/mol. The third kappa shape index (κ3) is 2.45. The lowest BCUT2D eigenvalue weighted by molar-refractivity contribution is 0.150. The third-order valence-corrected chi connectivity index (χ3v) is 2.58. The Morgan fingerprint density at radius 3 is 2.54 bits per heavy atom. The van der Waals surface area contributed by atoms with E-state index in [0.29, 0.717) is 14.8 Å². The molecule has 0 amide bonds. The second-order valence-corrected chi connectivity index (χ2v) is 3.87. The Hall–Kier alpha value is -0.0700. The Kier molecular flexibility index (Phi) is 3.75. The fourth-order valence-corrected chi connectivity index (χ4v) is 2.17. The number of hydrogen-bond donors (Lipinski definition) is 1. The molecule has 13 heavy (non-hydrogen) atoms. The molecule has 0 aliphatic rings. The number of hydrogen-bond acceptors (Lipinski definition) is 2. The summed E-state index contributed by atoms with van der Waals surface area (Å²) in [5.74, 6) is 0. The Morgan fingerprint density at radius 1 is 1.46 bits per heavy atom. The zero-order chi connectivity index (χ0) is 10.0. The van der Waals surface area contributed by atoms with Gasteiger partial charge in [-0.3, -0.25) is 0 Å². The van der Waals surface area contributed by atoms with E-state index in [2.05, 4.69) is 36.8 Å². The summed E-state index contributed by atoms with van der Waals surface area (Å²) < 4.78 is 25.6. The van der Waals surface area contributed by atoms with E-state index in [1.807, 2.05) is 0 Å². The molecule has 0 aliphatic carbocycles. The van der Waals surface area contributed by atoms with E-state index in [1.54, 1.807) is 0 Å². The van der Waals surface area contributed by atoms with Crippen LogP contribution in [0.3, 0.4) is 0 Å². The summed E-state index contributed by atoms with van der Waals surface area (Å²) in [5, 5.41) is 0. The lowest BCUT2D eigenvalue weighted by Crippen LogP contribution is -2.04. The highest BCUT2D eigenvalue weighted by molar-refractivity contribution is 9.11. The second kappa shape index (κ2) is 4.43. The normalized spacial score (nSPS) is 10.9. The summed E-state index contributed by atoms with van der Waals surface area (Å²) in [6.07, 6.45) is -2.53. The molecule has 0 aromatic carbocycles. The van der Waals surface area contributed by atoms with Gasteiger partial charge >= 0.3 is 0 Å². The van der Waals surface area contributed by atoms with Crippen LogP contribution < -0.4 is 5.73 Å². The van der Waals surface area contributed by atoms with E-state index in [0.717, 1.165) is 0 Å². The Balaban J connectivity index is 3.29. The van der Waals surface area contributed by atoms with Crippen LogP contribution in [0.5, 0.6) is 0 Å². The van der Waals surface area contributed by atoms with Gasteiger partial charge < -0.3 is 5.73 Å². The molecule has 0 atom stereocenters. The van der Waals surface area contributed by atoms with Crippen LogP contribution in [0.15, 0.2) is 15.3 Å². The molecule has 1 aromatic heterocycles. The summed E-state index contributed by atoms with van der Waals surface area (Å²) in [4.78, 5) is 3.91. The zero-order valence-corrected chi connectivity index (χ0v) is 9.57. The van der Waals surface area contributed by atoms with Gasteiger partial charge in [-0.15, -0.1) is 0 Å². The molecule has 0 spiro atoms. The molecule has 1 heterocycles. The summed E-state index contributed by atoms with van der Waals surface area (Å²) in [6.45, 7) is 0.0422. The molecule has 0 aliphatic heterocycles. The minimum absolute atomic E-state index is 0.0422. The summed E-state index contributed by atoms with van der Waals surface area (Å²) in [6, 6.07) is 1.28. The van der Waals surface area contributed by atoms with Gasteiger partial charge in [-0.25, -0.2) is 13.8 Å². The topological polar surface area (TPSA) is 38.9 Å². The lowest BCUT2D eigenvalue weighted by Gasteiger charge is -2.08. The van der Waals surface area contributed by atoms with Crippen LogP contribution in [0.1, 0.15) is 17.6 Å². The van der Waals surface area contributed by atoms with E-state index >= 15 is 0 Å². The fraction of sp³-hybridized carbons (Fsp3) is 0.286. The lowest BCUT2D eigenvalue weighted by atomic mass is 10.1. The molecular formula is C7H6Br2F2N2. The van der Waals surface area contributed by atoms with Crippen LogP contribution in [0.25, 0.3) is 0 Å². The first-order valence-corrected chi connectivity index (χ1v) is 4.98. The van der Waals surface area contributed by atoms with Gasteiger partial charge in [0.05, 0.1) is 0 Å². The second-order valence-electron chi connectivity index (χ2n) is 2.31. The summed E-state index contributed by atoms with van der Waals surface area (Å²) >= 11 is 6.10. The van der Waals surface area contributed by atoms with E-state index < -0.39 is 6.43 Å². The maximum Gasteiger partial charge on any atom is 0.264 e. The van der Waals surface area contributed by atoms with E-state index in [-0.39, 0.29) is 12.1 Å². The van der Waals surface area contributed by atoms with Gasteiger partial charge in [0.15, 0.2) is 0 Å². The molecule has 2 N–H and O–H groups in total. The van der Waals surface area contributed by atoms with Crippen LogP contribution in [-0.2, 0) is 6.54 Å². The molecule has 0 unspecified atom stereocenters. The van der Waals surface area contributed by atoms with Crippen molar-refractivity contribution < 1.29 is 8.78 Å². The molecule has 0 bridgehead atoms. The number of halogens is 4. The molecule has 0 radical (unpaired) electrons. The Morgan fingerprint density at radius 2 is 2.08 bits per heavy atom. The summed E-state index contributed by atoms with van der Waals surface area (Å²) in [7, 11) is 0. The molecule has 0 saturated heterocycles. The van der Waals surface area contributed by atoms with Crippen molar-refractivity contribution >= 4 is 31.9 Å². The van der Waals surface area contributed by atoms with Gasteiger partial charge in [-0.2, -0.15) is 0 Å². The predicted molar refractivity (Wildman–Crippen MR) is 52.5 cm³/mol. The van der Waals surface area contributed by atoms with Gasteiger partial charge in [0.25, 0.3) is 6.43 Å². The van der Waals surface area contributed by atoms with Crippen molar-refractivity contribution in [1.82, 2.24) is 4.98 Å². The van der Waals surface area contributed by atoms with Crippen LogP contribution in [-0.4, -0.2) is 4.98 Å². The highest BCUT2D eigenvalue weighted by Crippen LogP contribution is 2.29. The smallest absolute Gasteiger partial charge is 0.264 e. The van der Waals surface area contributed by atoms with Crippen molar-refractivity contribution in [1.29, 1.82) is 0 Å². The quantitative estimate of drug-likeness (QED) is 0.852. The van der Waals surface area contributed by atoms with Crippen LogP contribution in [0, 0.1) is 0 Å². The number of nitrogens with zero attached hydrogens (tertiary/aromatic N) is 1. The monoisotopic (exact) mass is 314 g/mol. The molecule has 2 nitrogen and oxygen atoms in total. The van der Waals surface area contributed by atoms with Crippen molar-refractivity contribution in [2.45, 2.75) is 13.0 Å². The largest absolute Gasteiger partial charge is 0.326 e. The highest BCUT2D eigenvalue weighted by Gasteiger charge is 2.16. The maximum absolute atomic E-state index is 12.4. The molecule has 1 rings (SSSR count). The molecule has 72 valence electrons. The van der Waals surface area contributed by atoms with Gasteiger partial charge in [0.1, 0.15) is 9.21 Å². The minimum Gasteiger partial charge on any atom is -0.326 e. The first kappa shape index (κ1) is 11.0. The zero-order valence-electron chi connectivity index (χ0n) is 6.40. The maximum atomic E-state index is 12.4. The Bertz CT molecular complexity index is 318.